The average molecular weight is 520 g/mol. The Kier molecular flexibility index (Phi) is 4.35. The molecule has 5 heterocycles. The van der Waals surface area contributed by atoms with Gasteiger partial charge in [0, 0.05) is 33.6 Å². The molecule has 3 aliphatic heterocycles. The molecule has 2 saturated heterocycles. The number of fused-ring (bicyclic) bond motifs is 6. The fourth-order valence-electron chi connectivity index (χ4n) is 6.59. The molecule has 3 fully saturated rings. The summed E-state index contributed by atoms with van der Waals surface area (Å²) >= 11 is 8.52. The number of rotatable bonds is 2. The number of nitrogens with zero attached hydrogens (tertiary/aromatic N) is 5. The maximum absolute atomic E-state index is 13.5. The Morgan fingerprint density at radius 1 is 1.17 bits per heavy atom. The first kappa shape index (κ1) is 21.5. The van der Waals surface area contributed by atoms with Crippen LogP contribution < -0.4 is 0 Å². The van der Waals surface area contributed by atoms with E-state index in [1.54, 1.807) is 11.3 Å². The molecule has 8 rings (SSSR count). The smallest absolute Gasteiger partial charge is 0.226 e. The molecule has 2 aromatic heterocycles. The number of likely N-dealkylation sites (tertiary alicyclic amines) is 1. The van der Waals surface area contributed by atoms with Gasteiger partial charge in [-0.05, 0) is 57.1 Å². The van der Waals surface area contributed by atoms with Gasteiger partial charge in [-0.15, -0.1) is 21.5 Å². The van der Waals surface area contributed by atoms with Crippen molar-refractivity contribution in [2.45, 2.75) is 56.6 Å². The number of halogens is 1. The van der Waals surface area contributed by atoms with E-state index in [-0.39, 0.29) is 23.0 Å². The second-order valence-electron chi connectivity index (χ2n) is 11.0. The zero-order chi connectivity index (χ0) is 24.2. The second-order valence-corrected chi connectivity index (χ2v) is 12.5. The highest BCUT2D eigenvalue weighted by Crippen LogP contribution is 2.54. The SMILES string of the molecule is Cc1nnc2n1-c1sc3c(c1C(c1ccccc1Cl)=NC21CC1)C[C@H](C(=O)N1CC2(CCCO2)C1)C3. The van der Waals surface area contributed by atoms with Gasteiger partial charge in [0.1, 0.15) is 22.0 Å². The predicted octanol–water partition coefficient (Wildman–Crippen LogP) is 4.24. The number of hydrogen-bond donors (Lipinski definition) is 0. The molecular formula is C27H26ClN5O2S. The van der Waals surface area contributed by atoms with Crippen LogP contribution in [0.1, 0.15) is 58.9 Å². The third-order valence-corrected chi connectivity index (χ3v) is 10.2. The first-order valence-electron chi connectivity index (χ1n) is 12.8. The Morgan fingerprint density at radius 3 is 2.75 bits per heavy atom. The highest BCUT2D eigenvalue weighted by atomic mass is 35.5. The number of aryl methyl sites for hydroxylation is 1. The standard InChI is InChI=1S/C27H26ClN5O2S/c1-15-30-31-25-27(8-9-27)29-22(17-5-2-3-6-19(17)28)21-18-11-16(12-20(18)36-24(21)33(15)25)23(34)32-13-26(14-32)7-4-10-35-26/h2-3,5-6,16H,4,7-14H2,1H3/t16-/m0/s1. The van der Waals surface area contributed by atoms with Gasteiger partial charge in [-0.25, -0.2) is 0 Å². The van der Waals surface area contributed by atoms with E-state index >= 15 is 0 Å². The molecule has 1 atom stereocenters. The fourth-order valence-corrected chi connectivity index (χ4v) is 8.28. The Morgan fingerprint density at radius 2 is 2.00 bits per heavy atom. The zero-order valence-corrected chi connectivity index (χ0v) is 21.7. The normalized spacial score (nSPS) is 24.2. The van der Waals surface area contributed by atoms with Crippen molar-refractivity contribution < 1.29 is 9.53 Å². The Balaban J connectivity index is 1.21. The van der Waals surface area contributed by atoms with E-state index < -0.39 is 0 Å². The Hall–Kier alpha value is -2.55. The molecule has 9 heteroatoms. The van der Waals surface area contributed by atoms with Gasteiger partial charge in [0.15, 0.2) is 5.82 Å². The number of carbonyl (C=O) groups is 1. The van der Waals surface area contributed by atoms with E-state index in [2.05, 4.69) is 20.8 Å². The average Bonchev–Trinajstić information content (AvgIpc) is 3.22. The van der Waals surface area contributed by atoms with Crippen molar-refractivity contribution in [3.8, 4) is 5.00 Å². The van der Waals surface area contributed by atoms with Gasteiger partial charge in [0.05, 0.1) is 18.8 Å². The van der Waals surface area contributed by atoms with Crippen LogP contribution in [-0.4, -0.2) is 56.6 Å². The van der Waals surface area contributed by atoms with Crippen LogP contribution in [0.15, 0.2) is 29.3 Å². The van der Waals surface area contributed by atoms with Crippen molar-refractivity contribution in [2.24, 2.45) is 10.9 Å². The Bertz CT molecular complexity index is 1470. The van der Waals surface area contributed by atoms with Crippen LogP contribution in [0.5, 0.6) is 0 Å². The third kappa shape index (κ3) is 2.89. The fraction of sp³-hybridized carbons (Fsp3) is 0.481. The summed E-state index contributed by atoms with van der Waals surface area (Å²) in [5.74, 6) is 2.04. The Labute approximate surface area is 218 Å². The van der Waals surface area contributed by atoms with Crippen LogP contribution in [0.3, 0.4) is 0 Å². The second kappa shape index (κ2) is 7.27. The summed E-state index contributed by atoms with van der Waals surface area (Å²) in [4.78, 5) is 22.2. The number of carbonyl (C=O) groups excluding carboxylic acids is 1. The highest BCUT2D eigenvalue weighted by Gasteiger charge is 2.53. The highest BCUT2D eigenvalue weighted by molar-refractivity contribution is 7.15. The van der Waals surface area contributed by atoms with Gasteiger partial charge in [0.2, 0.25) is 5.91 Å². The summed E-state index contributed by atoms with van der Waals surface area (Å²) in [5.41, 5.74) is 3.83. The third-order valence-electron chi connectivity index (χ3n) is 8.62. The minimum Gasteiger partial charge on any atom is -0.371 e. The monoisotopic (exact) mass is 519 g/mol. The molecule has 2 spiro atoms. The van der Waals surface area contributed by atoms with Crippen molar-refractivity contribution in [2.75, 3.05) is 19.7 Å². The molecule has 0 radical (unpaired) electrons. The topological polar surface area (TPSA) is 72.6 Å². The summed E-state index contributed by atoms with van der Waals surface area (Å²) in [6, 6.07) is 7.96. The molecule has 0 N–H and O–H groups in total. The van der Waals surface area contributed by atoms with Crippen molar-refractivity contribution in [3.63, 3.8) is 0 Å². The molecule has 7 nitrogen and oxygen atoms in total. The van der Waals surface area contributed by atoms with Gasteiger partial charge in [-0.3, -0.25) is 14.4 Å². The lowest BCUT2D eigenvalue weighted by Gasteiger charge is -2.47. The molecule has 2 aliphatic carbocycles. The maximum Gasteiger partial charge on any atom is 0.226 e. The molecule has 0 bridgehead atoms. The van der Waals surface area contributed by atoms with Crippen LogP contribution in [0.2, 0.25) is 5.02 Å². The van der Waals surface area contributed by atoms with Crippen LogP contribution >= 0.6 is 22.9 Å². The predicted molar refractivity (Wildman–Crippen MR) is 137 cm³/mol. The van der Waals surface area contributed by atoms with Gasteiger partial charge >= 0.3 is 0 Å². The number of thiophene rings is 1. The van der Waals surface area contributed by atoms with Crippen molar-refractivity contribution in [1.29, 1.82) is 0 Å². The number of aliphatic imine (C=N–C) groups is 1. The number of hydrogen-bond acceptors (Lipinski definition) is 6. The lowest BCUT2D eigenvalue weighted by Crippen LogP contribution is -2.64. The summed E-state index contributed by atoms with van der Waals surface area (Å²) in [6.07, 6.45) is 5.59. The molecule has 5 aliphatic rings. The number of aromatic nitrogens is 3. The van der Waals surface area contributed by atoms with E-state index in [9.17, 15) is 4.79 Å². The summed E-state index contributed by atoms with van der Waals surface area (Å²) in [6.45, 7) is 4.32. The van der Waals surface area contributed by atoms with Gasteiger partial charge in [0.25, 0.3) is 0 Å². The molecule has 184 valence electrons. The number of benzene rings is 1. The molecule has 1 amide bonds. The van der Waals surface area contributed by atoms with E-state index in [0.29, 0.717) is 5.02 Å². The zero-order valence-electron chi connectivity index (χ0n) is 20.1. The minimum absolute atomic E-state index is 0.0255. The molecule has 1 aromatic carbocycles. The summed E-state index contributed by atoms with van der Waals surface area (Å²) in [7, 11) is 0. The molecule has 3 aromatic rings. The minimum atomic E-state index is -0.345. The van der Waals surface area contributed by atoms with Crippen LogP contribution in [0.25, 0.3) is 5.00 Å². The lowest BCUT2D eigenvalue weighted by molar-refractivity contribution is -0.161. The van der Waals surface area contributed by atoms with Crippen molar-refractivity contribution in [1.82, 2.24) is 19.7 Å². The van der Waals surface area contributed by atoms with Gasteiger partial charge < -0.3 is 9.64 Å². The summed E-state index contributed by atoms with van der Waals surface area (Å²) in [5, 5.41) is 10.8. The molecule has 1 saturated carbocycles. The van der Waals surface area contributed by atoms with E-state index in [4.69, 9.17) is 21.3 Å². The van der Waals surface area contributed by atoms with E-state index in [1.807, 2.05) is 30.0 Å². The maximum atomic E-state index is 13.5. The first-order chi connectivity index (χ1) is 17.5. The van der Waals surface area contributed by atoms with Crippen LogP contribution in [0, 0.1) is 12.8 Å². The van der Waals surface area contributed by atoms with E-state index in [0.717, 1.165) is 91.7 Å². The number of amides is 1. The van der Waals surface area contributed by atoms with Gasteiger partial charge in [-0.2, -0.15) is 0 Å². The lowest BCUT2D eigenvalue weighted by atomic mass is 9.89. The molecule has 36 heavy (non-hydrogen) atoms. The van der Waals surface area contributed by atoms with Crippen LogP contribution in [-0.2, 0) is 27.9 Å². The largest absolute Gasteiger partial charge is 0.371 e. The first-order valence-corrected chi connectivity index (χ1v) is 14.0. The quantitative estimate of drug-likeness (QED) is 0.508. The van der Waals surface area contributed by atoms with Gasteiger partial charge in [-0.1, -0.05) is 29.8 Å². The molecular weight excluding hydrogens is 494 g/mol. The molecule has 0 unspecified atom stereocenters. The number of ether oxygens (including phenoxy) is 1. The van der Waals surface area contributed by atoms with Crippen LogP contribution in [0.4, 0.5) is 0 Å². The van der Waals surface area contributed by atoms with Crippen molar-refractivity contribution >= 4 is 34.6 Å². The van der Waals surface area contributed by atoms with E-state index in [1.165, 1.54) is 10.4 Å². The van der Waals surface area contributed by atoms with Crippen molar-refractivity contribution in [3.05, 3.63) is 62.5 Å². The summed E-state index contributed by atoms with van der Waals surface area (Å²) < 4.78 is 8.17.